The van der Waals surface area contributed by atoms with Gasteiger partial charge in [0.15, 0.2) is 0 Å². The number of aromatic amines is 1. The molecule has 7 heteroatoms. The molecule has 25 heavy (non-hydrogen) atoms. The third-order valence-electron chi connectivity index (χ3n) is 3.90. The van der Waals surface area contributed by atoms with Crippen LogP contribution in [0, 0.1) is 0 Å². The lowest BCUT2D eigenvalue weighted by Crippen LogP contribution is -2.17. The molecule has 124 valence electrons. The molecule has 0 spiro atoms. The normalized spacial score (nSPS) is 11.6. The third-order valence-corrected chi connectivity index (χ3v) is 4.15. The lowest BCUT2D eigenvalue weighted by Gasteiger charge is -1.99. The first kappa shape index (κ1) is 15.4. The molecule has 0 unspecified atom stereocenters. The topological polar surface area (TPSA) is 72.3 Å². The minimum atomic E-state index is -0.273. The van der Waals surface area contributed by atoms with Crippen LogP contribution in [-0.4, -0.2) is 28.0 Å². The number of rotatable bonds is 3. The van der Waals surface area contributed by atoms with Crippen molar-refractivity contribution in [1.29, 1.82) is 0 Å². The van der Waals surface area contributed by atoms with Crippen LogP contribution in [0.4, 0.5) is 0 Å². The number of nitrogens with zero attached hydrogens (tertiary/aromatic N) is 3. The number of halogens is 1. The summed E-state index contributed by atoms with van der Waals surface area (Å²) < 4.78 is 6.43. The first-order chi connectivity index (χ1) is 12.2. The quantitative estimate of drug-likeness (QED) is 0.574. The van der Waals surface area contributed by atoms with Crippen molar-refractivity contribution in [3.63, 3.8) is 0 Å². The number of H-pyrrole nitrogens is 1. The number of hydrogen-bond donors (Lipinski definition) is 1. The van der Waals surface area contributed by atoms with E-state index >= 15 is 0 Å². The van der Waals surface area contributed by atoms with Gasteiger partial charge in [0.05, 0.1) is 13.3 Å². The largest absolute Gasteiger partial charge is 0.497 e. The zero-order chi connectivity index (χ0) is 17.4. The molecule has 1 N–H and O–H groups in total. The van der Waals surface area contributed by atoms with Gasteiger partial charge in [0, 0.05) is 15.9 Å². The van der Waals surface area contributed by atoms with Crippen LogP contribution in [0.2, 0.25) is 5.02 Å². The molecule has 2 aromatic heterocycles. The number of ether oxygens (including phenoxy) is 1. The van der Waals surface area contributed by atoms with Crippen molar-refractivity contribution >= 4 is 39.8 Å². The van der Waals surface area contributed by atoms with Crippen LogP contribution in [-0.2, 0) is 0 Å². The van der Waals surface area contributed by atoms with Gasteiger partial charge in [0.25, 0.3) is 5.56 Å². The Hall–Kier alpha value is -3.12. The highest BCUT2D eigenvalue weighted by molar-refractivity contribution is 6.30. The SMILES string of the molecule is COc1ccc2[nH]c3c(=O)n(N=Cc4ccc(Cl)cc4)cnc3c2c1. The van der Waals surface area contributed by atoms with E-state index < -0.39 is 0 Å². The summed E-state index contributed by atoms with van der Waals surface area (Å²) in [6.07, 6.45) is 2.99. The highest BCUT2D eigenvalue weighted by Crippen LogP contribution is 2.25. The summed E-state index contributed by atoms with van der Waals surface area (Å²) in [5, 5.41) is 5.67. The van der Waals surface area contributed by atoms with Crippen LogP contribution in [0.1, 0.15) is 5.56 Å². The van der Waals surface area contributed by atoms with E-state index in [1.165, 1.54) is 11.0 Å². The molecule has 0 aliphatic rings. The highest BCUT2D eigenvalue weighted by atomic mass is 35.5. The fourth-order valence-corrected chi connectivity index (χ4v) is 2.74. The standard InChI is InChI=1S/C18H13ClN4O2/c1-25-13-6-7-15-14(8-13)16-17(22-15)18(24)23(10-20-16)21-9-11-2-4-12(19)5-3-11/h2-10,22H,1H3. The molecule has 4 aromatic rings. The molecule has 0 saturated heterocycles. The Morgan fingerprint density at radius 1 is 1.24 bits per heavy atom. The van der Waals surface area contributed by atoms with Gasteiger partial charge < -0.3 is 9.72 Å². The van der Waals surface area contributed by atoms with E-state index in [0.29, 0.717) is 21.8 Å². The molecule has 2 aromatic carbocycles. The van der Waals surface area contributed by atoms with Crippen LogP contribution in [0.5, 0.6) is 5.75 Å². The van der Waals surface area contributed by atoms with E-state index in [2.05, 4.69) is 15.1 Å². The maximum absolute atomic E-state index is 12.7. The Morgan fingerprint density at radius 2 is 2.04 bits per heavy atom. The molecule has 0 aliphatic carbocycles. The number of methoxy groups -OCH3 is 1. The van der Waals surface area contributed by atoms with E-state index in [1.807, 2.05) is 30.3 Å². The van der Waals surface area contributed by atoms with Crippen LogP contribution in [0.15, 0.2) is 58.7 Å². The zero-order valence-corrected chi connectivity index (χ0v) is 14.0. The molecule has 0 saturated carbocycles. The van der Waals surface area contributed by atoms with Gasteiger partial charge in [-0.1, -0.05) is 23.7 Å². The zero-order valence-electron chi connectivity index (χ0n) is 13.2. The summed E-state index contributed by atoms with van der Waals surface area (Å²) in [4.78, 5) is 20.1. The van der Waals surface area contributed by atoms with E-state index in [4.69, 9.17) is 16.3 Å². The summed E-state index contributed by atoms with van der Waals surface area (Å²) in [5.41, 5.74) is 2.37. The summed E-state index contributed by atoms with van der Waals surface area (Å²) >= 11 is 5.86. The van der Waals surface area contributed by atoms with Crippen molar-refractivity contribution in [3.05, 3.63) is 69.7 Å². The number of hydrogen-bond acceptors (Lipinski definition) is 4. The predicted molar refractivity (Wildman–Crippen MR) is 98.9 cm³/mol. The van der Waals surface area contributed by atoms with Gasteiger partial charge in [-0.3, -0.25) is 4.79 Å². The van der Waals surface area contributed by atoms with E-state index in [1.54, 1.807) is 25.5 Å². The lowest BCUT2D eigenvalue weighted by molar-refractivity contribution is 0.415. The molecule has 0 amide bonds. The van der Waals surface area contributed by atoms with Gasteiger partial charge in [0.2, 0.25) is 0 Å². The Labute approximate surface area is 147 Å². The fraction of sp³-hybridized carbons (Fsp3) is 0.0556. The second-order valence-corrected chi connectivity index (χ2v) is 5.89. The van der Waals surface area contributed by atoms with Crippen LogP contribution < -0.4 is 10.3 Å². The Bertz CT molecular complexity index is 1160. The van der Waals surface area contributed by atoms with Crippen LogP contribution >= 0.6 is 11.6 Å². The maximum Gasteiger partial charge on any atom is 0.298 e. The lowest BCUT2D eigenvalue weighted by atomic mass is 10.2. The molecule has 6 nitrogen and oxygen atoms in total. The van der Waals surface area contributed by atoms with Gasteiger partial charge in [-0.2, -0.15) is 9.78 Å². The molecule has 0 fully saturated rings. The molecule has 2 heterocycles. The maximum atomic E-state index is 12.7. The summed E-state index contributed by atoms with van der Waals surface area (Å²) in [6, 6.07) is 12.7. The van der Waals surface area contributed by atoms with Crippen molar-refractivity contribution < 1.29 is 4.74 Å². The smallest absolute Gasteiger partial charge is 0.298 e. The Balaban J connectivity index is 1.81. The van der Waals surface area contributed by atoms with Crippen molar-refractivity contribution in [2.75, 3.05) is 7.11 Å². The van der Waals surface area contributed by atoms with Gasteiger partial charge in [-0.15, -0.1) is 0 Å². The van der Waals surface area contributed by atoms with Gasteiger partial charge in [-0.25, -0.2) is 4.98 Å². The molecule has 0 aliphatic heterocycles. The first-order valence-corrected chi connectivity index (χ1v) is 7.90. The third kappa shape index (κ3) is 2.77. The fourth-order valence-electron chi connectivity index (χ4n) is 2.61. The van der Waals surface area contributed by atoms with Crippen molar-refractivity contribution in [2.24, 2.45) is 5.10 Å². The van der Waals surface area contributed by atoms with Crippen LogP contribution in [0.3, 0.4) is 0 Å². The molecule has 0 bridgehead atoms. The number of fused-ring (bicyclic) bond motifs is 3. The van der Waals surface area contributed by atoms with E-state index in [9.17, 15) is 4.79 Å². The monoisotopic (exact) mass is 352 g/mol. The second kappa shape index (κ2) is 6.07. The van der Waals surface area contributed by atoms with Crippen molar-refractivity contribution in [1.82, 2.24) is 14.6 Å². The molecular formula is C18H13ClN4O2. The minimum absolute atomic E-state index is 0.273. The molecule has 4 rings (SSSR count). The van der Waals surface area contributed by atoms with Gasteiger partial charge in [-0.05, 0) is 35.9 Å². The minimum Gasteiger partial charge on any atom is -0.497 e. The Kier molecular flexibility index (Phi) is 3.74. The average molecular weight is 353 g/mol. The number of benzene rings is 2. The van der Waals surface area contributed by atoms with Crippen LogP contribution in [0.25, 0.3) is 21.9 Å². The molecular weight excluding hydrogens is 340 g/mol. The summed E-state index contributed by atoms with van der Waals surface area (Å²) in [7, 11) is 1.60. The number of aromatic nitrogens is 3. The predicted octanol–water partition coefficient (Wildman–Crippen LogP) is 3.42. The molecule has 0 radical (unpaired) electrons. The second-order valence-electron chi connectivity index (χ2n) is 5.45. The van der Waals surface area contributed by atoms with E-state index in [-0.39, 0.29) is 5.56 Å². The van der Waals surface area contributed by atoms with Crippen molar-refractivity contribution in [3.8, 4) is 5.75 Å². The van der Waals surface area contributed by atoms with E-state index in [0.717, 1.165) is 16.5 Å². The van der Waals surface area contributed by atoms with Crippen molar-refractivity contribution in [2.45, 2.75) is 0 Å². The Morgan fingerprint density at radius 3 is 2.80 bits per heavy atom. The van der Waals surface area contributed by atoms with Gasteiger partial charge in [0.1, 0.15) is 23.1 Å². The molecule has 0 atom stereocenters. The highest BCUT2D eigenvalue weighted by Gasteiger charge is 2.11. The average Bonchev–Trinajstić information content (AvgIpc) is 3.01. The summed E-state index contributed by atoms with van der Waals surface area (Å²) in [5.74, 6) is 0.708. The first-order valence-electron chi connectivity index (χ1n) is 7.53. The van der Waals surface area contributed by atoms with Gasteiger partial charge >= 0.3 is 0 Å². The summed E-state index contributed by atoms with van der Waals surface area (Å²) in [6.45, 7) is 0. The number of nitrogens with one attached hydrogen (secondary N) is 1.